The Kier molecular flexibility index (Phi) is 7.28. The van der Waals surface area contributed by atoms with Gasteiger partial charge in [0, 0.05) is 17.0 Å². The summed E-state index contributed by atoms with van der Waals surface area (Å²) in [4.78, 5) is 19.7. The summed E-state index contributed by atoms with van der Waals surface area (Å²) in [6.07, 6.45) is 1.50. The van der Waals surface area contributed by atoms with Gasteiger partial charge in [0.1, 0.15) is 0 Å². The fraction of sp³-hybridized carbons (Fsp3) is 0.273. The van der Waals surface area contributed by atoms with Crippen LogP contribution in [-0.2, 0) is 4.79 Å². The Hall–Kier alpha value is -1.35. The number of hydrogen-bond acceptors (Lipinski definition) is 2. The van der Waals surface area contributed by atoms with Crippen LogP contribution < -0.4 is 0 Å². The Labute approximate surface area is 93.7 Å². The van der Waals surface area contributed by atoms with Gasteiger partial charge in [-0.1, -0.05) is 18.5 Å². The smallest absolute Gasteiger partial charge is 0.290 e. The van der Waals surface area contributed by atoms with Crippen LogP contribution in [0.4, 0.5) is 0 Å². The van der Waals surface area contributed by atoms with Crippen molar-refractivity contribution in [1.29, 1.82) is 0 Å². The van der Waals surface area contributed by atoms with Crippen LogP contribution in [0.15, 0.2) is 24.3 Å². The Balaban J connectivity index is 0.000000583. The van der Waals surface area contributed by atoms with Gasteiger partial charge in [0.05, 0.1) is 0 Å². The summed E-state index contributed by atoms with van der Waals surface area (Å²) in [5, 5.41) is 7.56. The molecule has 0 saturated heterocycles. The lowest BCUT2D eigenvalue weighted by atomic mass is 10.1. The van der Waals surface area contributed by atoms with Gasteiger partial charge in [0.2, 0.25) is 0 Å². The van der Waals surface area contributed by atoms with E-state index in [0.717, 1.165) is 12.0 Å². The highest BCUT2D eigenvalue weighted by Gasteiger charge is 2.02. The van der Waals surface area contributed by atoms with Crippen molar-refractivity contribution >= 4 is 23.9 Å². The molecule has 1 rings (SSSR count). The Morgan fingerprint density at radius 3 is 2.27 bits per heavy atom. The van der Waals surface area contributed by atoms with E-state index in [1.54, 1.807) is 24.3 Å². The van der Waals surface area contributed by atoms with Gasteiger partial charge in [-0.25, -0.2) is 0 Å². The van der Waals surface area contributed by atoms with Crippen LogP contribution in [0.3, 0.4) is 0 Å². The summed E-state index contributed by atoms with van der Waals surface area (Å²) < 4.78 is 0. The molecule has 1 aromatic rings. The Morgan fingerprint density at radius 2 is 1.87 bits per heavy atom. The van der Waals surface area contributed by atoms with Crippen molar-refractivity contribution in [3.63, 3.8) is 0 Å². The number of hydrogen-bond donors (Lipinski definition) is 1. The summed E-state index contributed by atoms with van der Waals surface area (Å²) >= 11 is 5.68. The molecular weight excluding hydrogens is 216 g/mol. The predicted molar refractivity (Wildman–Crippen MR) is 59.4 cm³/mol. The van der Waals surface area contributed by atoms with Crippen molar-refractivity contribution in [3.05, 3.63) is 34.9 Å². The molecule has 0 amide bonds. The van der Waals surface area contributed by atoms with Crippen LogP contribution in [-0.4, -0.2) is 17.4 Å². The van der Waals surface area contributed by atoms with Crippen LogP contribution in [0.25, 0.3) is 0 Å². The van der Waals surface area contributed by atoms with Gasteiger partial charge in [-0.15, -0.1) is 0 Å². The van der Waals surface area contributed by atoms with E-state index in [0.29, 0.717) is 11.4 Å². The molecule has 0 saturated carbocycles. The van der Waals surface area contributed by atoms with E-state index in [9.17, 15) is 4.79 Å². The Bertz CT molecular complexity index is 306. The molecule has 0 aliphatic carbocycles. The number of carboxylic acid groups (broad SMARTS) is 1. The monoisotopic (exact) mass is 228 g/mol. The average Bonchev–Trinajstić information content (AvgIpc) is 2.20. The van der Waals surface area contributed by atoms with Crippen molar-refractivity contribution in [2.45, 2.75) is 19.8 Å². The number of carbonyl (C=O) groups is 2. The van der Waals surface area contributed by atoms with Gasteiger partial charge in [-0.2, -0.15) is 0 Å². The van der Waals surface area contributed by atoms with E-state index < -0.39 is 0 Å². The maximum absolute atomic E-state index is 11.3. The highest BCUT2D eigenvalue weighted by atomic mass is 35.5. The zero-order valence-corrected chi connectivity index (χ0v) is 9.20. The predicted octanol–water partition coefficient (Wildman–Crippen LogP) is 3.02. The molecule has 1 aromatic carbocycles. The van der Waals surface area contributed by atoms with Crippen molar-refractivity contribution in [3.8, 4) is 0 Å². The second-order valence-electron chi connectivity index (χ2n) is 2.79. The average molecular weight is 229 g/mol. The molecule has 0 unspecified atom stereocenters. The van der Waals surface area contributed by atoms with Crippen molar-refractivity contribution in [2.75, 3.05) is 0 Å². The summed E-state index contributed by atoms with van der Waals surface area (Å²) in [5.41, 5.74) is 0.751. The molecule has 15 heavy (non-hydrogen) atoms. The van der Waals surface area contributed by atoms with E-state index in [2.05, 4.69) is 0 Å². The van der Waals surface area contributed by atoms with Crippen molar-refractivity contribution in [2.24, 2.45) is 0 Å². The standard InChI is InChI=1S/C10H11ClO.CH2O2/c1-2-3-10(12)8-4-6-9(11)7-5-8;2-1-3/h4-7H,2-3H2,1H3;1H,(H,2,3). The van der Waals surface area contributed by atoms with Gasteiger partial charge in [0.25, 0.3) is 6.47 Å². The zero-order valence-electron chi connectivity index (χ0n) is 8.44. The molecule has 0 fully saturated rings. The summed E-state index contributed by atoms with van der Waals surface area (Å²) in [5.74, 6) is 0.189. The number of benzene rings is 1. The van der Waals surface area contributed by atoms with Crippen LogP contribution in [0.2, 0.25) is 5.02 Å². The number of ketones is 1. The lowest BCUT2D eigenvalue weighted by molar-refractivity contribution is -0.122. The van der Waals surface area contributed by atoms with Crippen molar-refractivity contribution in [1.82, 2.24) is 0 Å². The third kappa shape index (κ3) is 5.86. The molecule has 0 spiro atoms. The fourth-order valence-electron chi connectivity index (χ4n) is 1.01. The lowest BCUT2D eigenvalue weighted by Crippen LogP contribution is -1.96. The second kappa shape index (κ2) is 8.00. The number of rotatable bonds is 3. The molecule has 0 heterocycles. The topological polar surface area (TPSA) is 54.4 Å². The molecule has 3 nitrogen and oxygen atoms in total. The molecule has 0 bridgehead atoms. The van der Waals surface area contributed by atoms with E-state index in [4.69, 9.17) is 21.5 Å². The third-order valence-electron chi connectivity index (χ3n) is 1.64. The van der Waals surface area contributed by atoms with Crippen LogP contribution in [0, 0.1) is 0 Å². The van der Waals surface area contributed by atoms with Gasteiger partial charge in [-0.05, 0) is 30.7 Å². The number of Topliss-reactive ketones (excluding diaryl/α,β-unsaturated/α-hetero) is 1. The zero-order chi connectivity index (χ0) is 11.7. The van der Waals surface area contributed by atoms with Crippen molar-refractivity contribution < 1.29 is 14.7 Å². The highest BCUT2D eigenvalue weighted by molar-refractivity contribution is 6.30. The molecule has 82 valence electrons. The van der Waals surface area contributed by atoms with E-state index >= 15 is 0 Å². The van der Waals surface area contributed by atoms with Gasteiger partial charge in [-0.3, -0.25) is 9.59 Å². The number of carbonyl (C=O) groups excluding carboxylic acids is 1. The maximum Gasteiger partial charge on any atom is 0.290 e. The summed E-state index contributed by atoms with van der Waals surface area (Å²) in [6, 6.07) is 7.01. The molecule has 0 aliphatic rings. The molecule has 0 aromatic heterocycles. The minimum Gasteiger partial charge on any atom is -0.483 e. The summed E-state index contributed by atoms with van der Waals surface area (Å²) in [7, 11) is 0. The first kappa shape index (κ1) is 13.7. The van der Waals surface area contributed by atoms with E-state index in [1.807, 2.05) is 6.92 Å². The molecule has 0 atom stereocenters. The SMILES string of the molecule is CCCC(=O)c1ccc(Cl)cc1.O=CO. The van der Waals surface area contributed by atoms with Crippen LogP contribution >= 0.6 is 11.6 Å². The highest BCUT2D eigenvalue weighted by Crippen LogP contribution is 2.11. The first-order chi connectivity index (χ1) is 7.15. The normalized spacial score (nSPS) is 8.67. The second-order valence-corrected chi connectivity index (χ2v) is 3.22. The molecule has 4 heteroatoms. The summed E-state index contributed by atoms with van der Waals surface area (Å²) in [6.45, 7) is 1.74. The molecular formula is C11H13ClO3. The third-order valence-corrected chi connectivity index (χ3v) is 1.90. The minimum absolute atomic E-state index is 0.189. The van der Waals surface area contributed by atoms with E-state index in [-0.39, 0.29) is 12.3 Å². The minimum atomic E-state index is -0.250. The van der Waals surface area contributed by atoms with E-state index in [1.165, 1.54) is 0 Å². The van der Waals surface area contributed by atoms with Gasteiger partial charge < -0.3 is 5.11 Å². The molecule has 0 radical (unpaired) electrons. The fourth-order valence-corrected chi connectivity index (χ4v) is 1.13. The first-order valence-corrected chi connectivity index (χ1v) is 4.90. The number of halogens is 1. The lowest BCUT2D eigenvalue weighted by Gasteiger charge is -1.97. The van der Waals surface area contributed by atoms with Gasteiger partial charge >= 0.3 is 0 Å². The largest absolute Gasteiger partial charge is 0.483 e. The first-order valence-electron chi connectivity index (χ1n) is 4.52. The molecule has 0 aliphatic heterocycles. The maximum atomic E-state index is 11.3. The Morgan fingerprint density at radius 1 is 1.40 bits per heavy atom. The molecule has 1 N–H and O–H groups in total. The van der Waals surface area contributed by atoms with Crippen LogP contribution in [0.5, 0.6) is 0 Å². The quantitative estimate of drug-likeness (QED) is 0.639. The van der Waals surface area contributed by atoms with Gasteiger partial charge in [0.15, 0.2) is 5.78 Å². The van der Waals surface area contributed by atoms with Crippen LogP contribution in [0.1, 0.15) is 30.1 Å².